The molecule has 1 saturated carbocycles. The second-order valence-electron chi connectivity index (χ2n) is 6.66. The van der Waals surface area contributed by atoms with Crippen molar-refractivity contribution in [1.29, 1.82) is 1.43 Å². The van der Waals surface area contributed by atoms with E-state index in [1.807, 2.05) is 0 Å². The first-order valence-corrected chi connectivity index (χ1v) is 7.77. The summed E-state index contributed by atoms with van der Waals surface area (Å²) in [5, 5.41) is 5.24. The molecule has 1 aromatic rings. The number of piperidine rings is 1. The summed E-state index contributed by atoms with van der Waals surface area (Å²) in [6.45, 7) is -2.97. The maximum absolute atomic E-state index is 13.0. The number of ketones is 1. The molecule has 1 saturated heterocycles. The molecule has 5 rings (SSSR count). The van der Waals surface area contributed by atoms with Crippen molar-refractivity contribution in [2.45, 2.75) is 48.8 Å². The fourth-order valence-corrected chi connectivity index (χ4v) is 4.85. The van der Waals surface area contributed by atoms with Crippen LogP contribution in [0.15, 0.2) is 12.1 Å². The Morgan fingerprint density at radius 3 is 3.30 bits per heavy atom. The van der Waals surface area contributed by atoms with E-state index in [0.717, 1.165) is 4.90 Å². The largest absolute Gasteiger partial charge is 0.493 e. The number of nitrogens with zero attached hydrogens (tertiary/aromatic N) is 1. The van der Waals surface area contributed by atoms with Crippen LogP contribution in [0.1, 0.15) is 38.6 Å². The molecule has 1 aromatic carbocycles. The van der Waals surface area contributed by atoms with E-state index >= 15 is 0 Å². The summed E-state index contributed by atoms with van der Waals surface area (Å²) in [5.41, 5.74) is -2.84. The molecule has 2 aliphatic heterocycles. The van der Waals surface area contributed by atoms with Crippen molar-refractivity contribution in [3.63, 3.8) is 0 Å². The summed E-state index contributed by atoms with van der Waals surface area (Å²) in [5.74, 6) is 0.291. The van der Waals surface area contributed by atoms with Crippen molar-refractivity contribution in [1.82, 2.24) is 4.90 Å². The molecule has 0 radical (unpaired) electrons. The van der Waals surface area contributed by atoms with Gasteiger partial charge in [-0.3, -0.25) is 4.79 Å². The van der Waals surface area contributed by atoms with E-state index in [4.69, 9.17) is 22.9 Å². The second kappa shape index (κ2) is 4.08. The third-order valence-corrected chi connectivity index (χ3v) is 5.84. The quantitative estimate of drug-likeness (QED) is 0.882. The Labute approximate surface area is 145 Å². The second-order valence-corrected chi connectivity index (χ2v) is 6.66. The number of carbonyl (C=O) groups excluding carboxylic acids is 1. The molecule has 122 valence electrons. The van der Waals surface area contributed by atoms with Gasteiger partial charge in [-0.25, -0.2) is 0 Å². The molecular formula is C18H21NO4. The normalized spacial score (nSPS) is 50.9. The van der Waals surface area contributed by atoms with Gasteiger partial charge in [0.25, 0.3) is 0 Å². The van der Waals surface area contributed by atoms with Crippen LogP contribution in [0.4, 0.5) is 0 Å². The van der Waals surface area contributed by atoms with Gasteiger partial charge in [-0.05, 0) is 44.4 Å². The number of Topliss-reactive ketones (excluding diaryl/α,β-unsaturated/α-hetero) is 1. The Morgan fingerprint density at radius 1 is 1.61 bits per heavy atom. The summed E-state index contributed by atoms with van der Waals surface area (Å²) in [6, 6.07) is 0.471. The highest BCUT2D eigenvalue weighted by Gasteiger charge is 2.72. The molecule has 0 aromatic heterocycles. The van der Waals surface area contributed by atoms with E-state index in [1.54, 1.807) is 0 Å². The average Bonchev–Trinajstić information content (AvgIpc) is 3.02. The molecule has 2 aliphatic carbocycles. The zero-order valence-corrected chi connectivity index (χ0v) is 12.6. The minimum atomic E-state index is -2.80. The van der Waals surface area contributed by atoms with Crippen molar-refractivity contribution in [3.8, 4) is 11.5 Å². The maximum atomic E-state index is 13.0. The van der Waals surface area contributed by atoms with Crippen LogP contribution in [0.5, 0.6) is 11.5 Å². The van der Waals surface area contributed by atoms with Gasteiger partial charge >= 0.3 is 0 Å². The number of rotatable bonds is 2. The zero-order valence-electron chi connectivity index (χ0n) is 19.6. The molecule has 4 atom stereocenters. The first kappa shape index (κ1) is 8.49. The van der Waals surface area contributed by atoms with Gasteiger partial charge < -0.3 is 19.5 Å². The van der Waals surface area contributed by atoms with Gasteiger partial charge in [-0.2, -0.15) is 0 Å². The summed E-state index contributed by atoms with van der Waals surface area (Å²) in [6.07, 6.45) is -3.82. The summed E-state index contributed by atoms with van der Waals surface area (Å²) >= 11 is 0. The van der Waals surface area contributed by atoms with Crippen LogP contribution in [0.2, 0.25) is 0 Å². The van der Waals surface area contributed by atoms with Crippen LogP contribution in [0, 0.1) is 0 Å². The lowest BCUT2D eigenvalue weighted by Crippen LogP contribution is -2.76. The van der Waals surface area contributed by atoms with Crippen LogP contribution in [-0.2, 0) is 16.6 Å². The topological polar surface area (TPSA) is 59.0 Å². The molecule has 1 spiro atoms. The highest BCUT2D eigenvalue weighted by atomic mass is 16.5. The summed E-state index contributed by atoms with van der Waals surface area (Å²) < 4.78 is 70.8. The third-order valence-electron chi connectivity index (χ3n) is 5.84. The minimum absolute atomic E-state index is 0.0740. The number of hydrogen-bond donors (Lipinski definition) is 1. The first-order valence-electron chi connectivity index (χ1n) is 11.2. The Morgan fingerprint density at radius 2 is 2.52 bits per heavy atom. The SMILES string of the molecule is [2H]O[C@@]12CCC(=O)C3Oc4c(OC)ccc5c4[C@@]31CCN(C([2H])([2H])[2H])[C@]2([2H])C5([2H])[2H]. The fourth-order valence-electron chi connectivity index (χ4n) is 4.85. The number of ether oxygens (including phenoxy) is 2. The molecule has 5 nitrogen and oxygen atoms in total. The molecule has 0 amide bonds. The lowest BCUT2D eigenvalue weighted by molar-refractivity contribution is -0.185. The average molecular weight is 322 g/mol. The molecule has 2 heterocycles. The standard InChI is InChI=1S/C18H21NO4/c1-19-8-7-17-14-10-3-4-12(22-2)15(14)23-16(17)11(20)5-6-18(17,21)13(19)9-10/h3-4,13,16,21H,5-9H2,1-2H3/t13-,16?,17+,18-/m1/s1/i1D3,9D2,13D,21D. The Balaban J connectivity index is 1.95. The van der Waals surface area contributed by atoms with Crippen LogP contribution in [-0.4, -0.2) is 55.6 Å². The monoisotopic (exact) mass is 322 g/mol. The lowest BCUT2D eigenvalue weighted by Gasteiger charge is -2.62. The third kappa shape index (κ3) is 1.32. The number of carbonyl (C=O) groups is 1. The van der Waals surface area contributed by atoms with E-state index in [1.165, 1.54) is 19.2 Å². The van der Waals surface area contributed by atoms with E-state index in [9.17, 15) is 6.17 Å². The van der Waals surface area contributed by atoms with Gasteiger partial charge in [0, 0.05) is 24.9 Å². The molecule has 1 unspecified atom stereocenters. The Kier molecular flexibility index (Phi) is 1.51. The number of likely N-dealkylation sites (N-methyl/N-ethyl adjacent to an activating group) is 1. The predicted molar refractivity (Wildman–Crippen MR) is 83.0 cm³/mol. The van der Waals surface area contributed by atoms with Crippen molar-refractivity contribution >= 4 is 5.78 Å². The highest BCUT2D eigenvalue weighted by Crippen LogP contribution is 2.64. The minimum Gasteiger partial charge on any atom is -0.493 e. The molecular weight excluding hydrogens is 294 g/mol. The number of hydrogen-bond acceptors (Lipinski definition) is 5. The van der Waals surface area contributed by atoms with Gasteiger partial charge in [-0.1, -0.05) is 6.07 Å². The zero-order chi connectivity index (χ0) is 21.9. The van der Waals surface area contributed by atoms with Crippen molar-refractivity contribution in [2.24, 2.45) is 0 Å². The fraction of sp³-hybridized carbons (Fsp3) is 0.611. The van der Waals surface area contributed by atoms with Gasteiger partial charge in [0.05, 0.1) is 19.5 Å². The van der Waals surface area contributed by atoms with E-state index in [2.05, 4.69) is 0 Å². The van der Waals surface area contributed by atoms with Crippen LogP contribution < -0.4 is 9.47 Å². The van der Waals surface area contributed by atoms with Crippen molar-refractivity contribution < 1.29 is 27.6 Å². The van der Waals surface area contributed by atoms with Gasteiger partial charge in [0.2, 0.25) is 1.43 Å². The molecule has 4 aliphatic rings. The Bertz CT molecular complexity index is 969. The lowest BCUT2D eigenvalue weighted by atomic mass is 9.49. The molecule has 5 heteroatoms. The highest BCUT2D eigenvalue weighted by molar-refractivity contribution is 5.90. The van der Waals surface area contributed by atoms with Gasteiger partial charge in [0.15, 0.2) is 23.4 Å². The van der Waals surface area contributed by atoms with Gasteiger partial charge in [-0.15, -0.1) is 0 Å². The van der Waals surface area contributed by atoms with Crippen molar-refractivity contribution in [3.05, 3.63) is 23.3 Å². The summed E-state index contributed by atoms with van der Waals surface area (Å²) in [4.78, 5) is 13.8. The van der Waals surface area contributed by atoms with E-state index in [-0.39, 0.29) is 42.9 Å². The predicted octanol–water partition coefficient (Wildman–Crippen LogP) is 1.05. The summed E-state index contributed by atoms with van der Waals surface area (Å²) in [7, 11) is 1.43. The number of benzene rings is 1. The molecule has 1 N–H and O–H groups in total. The van der Waals surface area contributed by atoms with E-state index < -0.39 is 36.5 Å². The van der Waals surface area contributed by atoms with Crippen molar-refractivity contribution in [2.75, 3.05) is 20.6 Å². The molecule has 2 fully saturated rings. The van der Waals surface area contributed by atoms with Crippen LogP contribution in [0.3, 0.4) is 0 Å². The van der Waals surface area contributed by atoms with Crippen LogP contribution >= 0.6 is 0 Å². The maximum Gasteiger partial charge on any atom is 0.211 e. The molecule has 23 heavy (non-hydrogen) atoms. The first-order chi connectivity index (χ1) is 13.9. The number of aliphatic hydroxyl groups is 1. The van der Waals surface area contributed by atoms with Crippen LogP contribution in [0.25, 0.3) is 0 Å². The van der Waals surface area contributed by atoms with Gasteiger partial charge in [0.1, 0.15) is 0 Å². The number of methoxy groups -OCH3 is 1. The smallest absolute Gasteiger partial charge is 0.211 e. The number of likely N-dealkylation sites (tertiary alicyclic amines) is 1. The Hall–Kier alpha value is -1.59. The molecule has 2 bridgehead atoms. The van der Waals surface area contributed by atoms with E-state index in [0.29, 0.717) is 11.3 Å².